The molecule has 0 saturated carbocycles. The third-order valence-corrected chi connectivity index (χ3v) is 0.637. The minimum absolute atomic E-state index is 0. The summed E-state index contributed by atoms with van der Waals surface area (Å²) in [6.07, 6.45) is 0.111. The Labute approximate surface area is 81.8 Å². The summed E-state index contributed by atoms with van der Waals surface area (Å²) in [4.78, 5) is 18.7. The van der Waals surface area contributed by atoms with E-state index >= 15 is 0 Å². The second kappa shape index (κ2) is 10.2. The summed E-state index contributed by atoms with van der Waals surface area (Å²) in [6, 6.07) is 0. The maximum Gasteiger partial charge on any atom is 2.00 e. The number of carbonyl (C=O) groups is 2. The molecule has 0 spiro atoms. The first-order valence-electron chi connectivity index (χ1n) is 2.98. The van der Waals surface area contributed by atoms with Crippen molar-refractivity contribution in [3.63, 3.8) is 0 Å². The summed E-state index contributed by atoms with van der Waals surface area (Å²) in [5.74, 6) is -2.18. The summed E-state index contributed by atoms with van der Waals surface area (Å²) in [5.41, 5.74) is 0.0648. The fourth-order valence-electron chi connectivity index (χ4n) is 0. The number of carbonyl (C=O) groups excluding carboxylic acids is 2. The van der Waals surface area contributed by atoms with Gasteiger partial charge in [-0.3, -0.25) is 0 Å². The summed E-state index contributed by atoms with van der Waals surface area (Å²) in [7, 11) is 0. The van der Waals surface area contributed by atoms with Gasteiger partial charge in [-0.15, -0.1) is 0 Å². The molecular formula is C7H10CuO4. The van der Waals surface area contributed by atoms with Gasteiger partial charge in [0.2, 0.25) is 0 Å². The van der Waals surface area contributed by atoms with Gasteiger partial charge >= 0.3 is 17.1 Å². The van der Waals surface area contributed by atoms with Gasteiger partial charge in [0.25, 0.3) is 0 Å². The van der Waals surface area contributed by atoms with Crippen molar-refractivity contribution in [1.82, 2.24) is 0 Å². The Morgan fingerprint density at radius 3 is 1.50 bits per heavy atom. The molecule has 0 aromatic heterocycles. The largest absolute Gasteiger partial charge is 2.00 e. The van der Waals surface area contributed by atoms with E-state index in [0.717, 1.165) is 0 Å². The van der Waals surface area contributed by atoms with Crippen molar-refractivity contribution in [2.45, 2.75) is 20.3 Å². The first-order chi connectivity index (χ1) is 4.91. The monoisotopic (exact) mass is 221 g/mol. The van der Waals surface area contributed by atoms with Crippen LogP contribution in [0.5, 0.6) is 0 Å². The van der Waals surface area contributed by atoms with E-state index in [4.69, 9.17) is 0 Å². The number of aliphatic carboxylic acids is 2. The van der Waals surface area contributed by atoms with Crippen molar-refractivity contribution in [3.05, 3.63) is 12.2 Å². The Hall–Kier alpha value is -0.801. The zero-order valence-corrected chi connectivity index (χ0v) is 7.79. The average molecular weight is 222 g/mol. The molecule has 73 valence electrons. The standard InChI is InChI=1S/C4H6O2.C3H6O2.Cu/c1-3(2)4(5)6;1-2-3(4)5;/h1H2,2H3,(H,5,6);2H2,1H3,(H,4,5);/q;;+2/p-2. The van der Waals surface area contributed by atoms with Crippen molar-refractivity contribution < 1.29 is 36.9 Å². The summed E-state index contributed by atoms with van der Waals surface area (Å²) < 4.78 is 0. The zero-order valence-electron chi connectivity index (χ0n) is 6.85. The maximum absolute atomic E-state index is 9.49. The molecule has 0 saturated heterocycles. The first-order valence-corrected chi connectivity index (χ1v) is 2.98. The van der Waals surface area contributed by atoms with Crippen LogP contribution < -0.4 is 10.2 Å². The van der Waals surface area contributed by atoms with E-state index in [1.807, 2.05) is 0 Å². The van der Waals surface area contributed by atoms with Crippen LogP contribution in [0.2, 0.25) is 0 Å². The van der Waals surface area contributed by atoms with Crippen molar-refractivity contribution in [3.8, 4) is 0 Å². The van der Waals surface area contributed by atoms with E-state index in [-0.39, 0.29) is 29.1 Å². The van der Waals surface area contributed by atoms with Gasteiger partial charge in [0, 0.05) is 5.97 Å². The topological polar surface area (TPSA) is 80.3 Å². The van der Waals surface area contributed by atoms with Gasteiger partial charge < -0.3 is 19.8 Å². The fourth-order valence-corrected chi connectivity index (χ4v) is 0. The Morgan fingerprint density at radius 2 is 1.50 bits per heavy atom. The molecule has 0 unspecified atom stereocenters. The SMILES string of the molecule is C=C(C)C(=O)[O-].CCC(=O)[O-].[Cu+2]. The van der Waals surface area contributed by atoms with Crippen molar-refractivity contribution >= 4 is 11.9 Å². The predicted molar refractivity (Wildman–Crippen MR) is 35.1 cm³/mol. The van der Waals surface area contributed by atoms with E-state index in [9.17, 15) is 19.8 Å². The van der Waals surface area contributed by atoms with Crippen LogP contribution in [0.4, 0.5) is 0 Å². The Kier molecular flexibility index (Phi) is 14.7. The molecule has 0 heterocycles. The Balaban J connectivity index is -0.000000126. The molecule has 0 fully saturated rings. The number of rotatable bonds is 2. The van der Waals surface area contributed by atoms with Gasteiger partial charge in [0.15, 0.2) is 0 Å². The molecule has 4 nitrogen and oxygen atoms in total. The molecule has 0 aliphatic heterocycles. The molecule has 0 amide bonds. The molecule has 0 N–H and O–H groups in total. The van der Waals surface area contributed by atoms with E-state index in [2.05, 4.69) is 6.58 Å². The number of carboxylic acids is 2. The normalized spacial score (nSPS) is 6.83. The van der Waals surface area contributed by atoms with Crippen LogP contribution >= 0.6 is 0 Å². The second-order valence-electron chi connectivity index (χ2n) is 1.79. The number of hydrogen-bond acceptors (Lipinski definition) is 4. The second-order valence-corrected chi connectivity index (χ2v) is 1.79. The summed E-state index contributed by atoms with van der Waals surface area (Å²) >= 11 is 0. The van der Waals surface area contributed by atoms with Crippen LogP contribution in [0.25, 0.3) is 0 Å². The van der Waals surface area contributed by atoms with Gasteiger partial charge in [-0.2, -0.15) is 0 Å². The van der Waals surface area contributed by atoms with Gasteiger partial charge in [-0.05, 0) is 18.9 Å². The van der Waals surface area contributed by atoms with Crippen LogP contribution in [-0.4, -0.2) is 11.9 Å². The molecule has 12 heavy (non-hydrogen) atoms. The van der Waals surface area contributed by atoms with Crippen molar-refractivity contribution in [2.75, 3.05) is 0 Å². The molecule has 0 aromatic rings. The molecule has 0 atom stereocenters. The van der Waals surface area contributed by atoms with E-state index < -0.39 is 11.9 Å². The Bertz CT molecular complexity index is 153. The third-order valence-electron chi connectivity index (χ3n) is 0.637. The molecule has 0 bridgehead atoms. The first kappa shape index (κ1) is 17.3. The van der Waals surface area contributed by atoms with Crippen molar-refractivity contribution in [1.29, 1.82) is 0 Å². The number of hydrogen-bond donors (Lipinski definition) is 0. The molecule has 1 radical (unpaired) electrons. The molecule has 0 aromatic carbocycles. The molecule has 0 aliphatic carbocycles. The fraction of sp³-hybridized carbons (Fsp3) is 0.429. The number of carboxylic acid groups (broad SMARTS) is 2. The van der Waals surface area contributed by atoms with Crippen LogP contribution in [-0.2, 0) is 26.7 Å². The van der Waals surface area contributed by atoms with Crippen LogP contribution in [0.1, 0.15) is 20.3 Å². The molecule has 0 rings (SSSR count). The van der Waals surface area contributed by atoms with Crippen LogP contribution in [0, 0.1) is 0 Å². The summed E-state index contributed by atoms with van der Waals surface area (Å²) in [6.45, 7) is 6.01. The van der Waals surface area contributed by atoms with Crippen LogP contribution in [0.15, 0.2) is 12.2 Å². The van der Waals surface area contributed by atoms with Crippen LogP contribution in [0.3, 0.4) is 0 Å². The molecule has 5 heteroatoms. The van der Waals surface area contributed by atoms with Crippen molar-refractivity contribution in [2.24, 2.45) is 0 Å². The van der Waals surface area contributed by atoms with Gasteiger partial charge in [-0.1, -0.05) is 13.5 Å². The smallest absolute Gasteiger partial charge is 0.550 e. The third kappa shape index (κ3) is 22.9. The molecule has 0 aliphatic rings. The van der Waals surface area contributed by atoms with E-state index in [1.54, 1.807) is 0 Å². The maximum atomic E-state index is 9.49. The predicted octanol–water partition coefficient (Wildman–Crippen LogP) is -1.54. The van der Waals surface area contributed by atoms with Gasteiger partial charge in [-0.25, -0.2) is 0 Å². The summed E-state index contributed by atoms with van der Waals surface area (Å²) in [5, 5.41) is 18.7. The molecular weight excluding hydrogens is 212 g/mol. The average Bonchev–Trinajstić information content (AvgIpc) is 1.89. The van der Waals surface area contributed by atoms with Gasteiger partial charge in [0.1, 0.15) is 0 Å². The van der Waals surface area contributed by atoms with E-state index in [0.29, 0.717) is 0 Å². The van der Waals surface area contributed by atoms with E-state index in [1.165, 1.54) is 13.8 Å². The quantitative estimate of drug-likeness (QED) is 0.418. The Morgan fingerprint density at radius 1 is 1.33 bits per heavy atom. The minimum Gasteiger partial charge on any atom is -0.550 e. The van der Waals surface area contributed by atoms with Gasteiger partial charge in [0.05, 0.1) is 5.97 Å². The zero-order chi connectivity index (χ0) is 9.44. The minimum atomic E-state index is -1.19.